The Hall–Kier alpha value is -3.58. The van der Waals surface area contributed by atoms with Crippen molar-refractivity contribution in [1.29, 1.82) is 0 Å². The van der Waals surface area contributed by atoms with Gasteiger partial charge in [-0.05, 0) is 76.9 Å². The number of esters is 1. The van der Waals surface area contributed by atoms with E-state index in [1.165, 1.54) is 38.5 Å². The number of piperazine rings is 1. The molecule has 4 aliphatic heterocycles. The minimum absolute atomic E-state index is 0.112. The van der Waals surface area contributed by atoms with Crippen molar-refractivity contribution in [3.05, 3.63) is 36.0 Å². The summed E-state index contributed by atoms with van der Waals surface area (Å²) in [5.41, 5.74) is -1.21. The van der Waals surface area contributed by atoms with Crippen LogP contribution in [0.3, 0.4) is 0 Å². The third-order valence-electron chi connectivity index (χ3n) is 12.4. The zero-order chi connectivity index (χ0) is 41.0. The molecule has 1 N–H and O–H groups in total. The van der Waals surface area contributed by atoms with Crippen LogP contribution in [0.4, 0.5) is 14.4 Å². The van der Waals surface area contributed by atoms with E-state index in [1.807, 2.05) is 52.0 Å². The number of hydrogen-bond acceptors (Lipinski definition) is 10. The molecular weight excluding hydrogens is 729 g/mol. The van der Waals surface area contributed by atoms with Crippen molar-refractivity contribution in [2.75, 3.05) is 59.0 Å². The standard InChI is InChI=1S/C44H70N4O9/c1-33(15-14-21-43(3,4)32-54-40(50)46-23-10-11-24-46)39-34(2)18-19-37(56-42(52)48-29-27-45(28-30-48)35-16-8-6-7-9-17-35)44(5,53)22-20-36(31-38(49)57-39)55-41(51)47-25-12-13-26-47/h14-15,18-19,21,34-37,39,53H,6-13,16-17,20,22-32H2,1-5H3/b19-18-,21-14+,33-15+/t34-,36+,37-,39+,44+/m0/s1. The molecule has 5 atom stereocenters. The highest BCUT2D eigenvalue weighted by atomic mass is 16.6. The summed E-state index contributed by atoms with van der Waals surface area (Å²) in [6, 6.07) is 0.570. The zero-order valence-corrected chi connectivity index (χ0v) is 35.3. The molecule has 5 aliphatic rings. The lowest BCUT2D eigenvalue weighted by atomic mass is 9.88. The fourth-order valence-corrected chi connectivity index (χ4v) is 8.57. The molecule has 4 heterocycles. The molecule has 320 valence electrons. The molecular formula is C44H70N4O9. The van der Waals surface area contributed by atoms with Gasteiger partial charge >= 0.3 is 24.2 Å². The Balaban J connectivity index is 1.30. The predicted molar refractivity (Wildman–Crippen MR) is 217 cm³/mol. The number of hydrogen-bond donors (Lipinski definition) is 1. The Kier molecular flexibility index (Phi) is 16.3. The molecule has 13 nitrogen and oxygen atoms in total. The van der Waals surface area contributed by atoms with Crippen LogP contribution >= 0.6 is 0 Å². The van der Waals surface area contributed by atoms with Gasteiger partial charge in [0.2, 0.25) is 0 Å². The monoisotopic (exact) mass is 799 g/mol. The lowest BCUT2D eigenvalue weighted by Gasteiger charge is -2.40. The largest absolute Gasteiger partial charge is 0.457 e. The van der Waals surface area contributed by atoms with Crippen molar-refractivity contribution in [3.8, 4) is 0 Å². The molecule has 0 aromatic carbocycles. The van der Waals surface area contributed by atoms with E-state index in [0.29, 0.717) is 32.2 Å². The number of rotatable bonds is 8. The van der Waals surface area contributed by atoms with E-state index in [4.69, 9.17) is 18.9 Å². The topological polar surface area (TPSA) is 138 Å². The first kappa shape index (κ1) is 44.5. The summed E-state index contributed by atoms with van der Waals surface area (Å²) in [6.07, 6.45) is 16.9. The number of carbonyl (C=O) groups is 4. The fraction of sp³-hybridized carbons (Fsp3) is 0.773. The van der Waals surface area contributed by atoms with Crippen LogP contribution in [0.25, 0.3) is 0 Å². The summed E-state index contributed by atoms with van der Waals surface area (Å²) in [6.45, 7) is 15.0. The van der Waals surface area contributed by atoms with Crippen molar-refractivity contribution in [3.63, 3.8) is 0 Å². The highest BCUT2D eigenvalue weighted by Crippen LogP contribution is 2.30. The van der Waals surface area contributed by atoms with Crippen LogP contribution < -0.4 is 0 Å². The van der Waals surface area contributed by atoms with E-state index in [9.17, 15) is 24.3 Å². The van der Waals surface area contributed by atoms with Gasteiger partial charge in [0.15, 0.2) is 6.10 Å². The minimum Gasteiger partial charge on any atom is -0.457 e. The predicted octanol–water partition coefficient (Wildman–Crippen LogP) is 7.23. The second kappa shape index (κ2) is 20.9. The van der Waals surface area contributed by atoms with Gasteiger partial charge in [0.1, 0.15) is 24.4 Å². The average molecular weight is 799 g/mol. The van der Waals surface area contributed by atoms with Crippen molar-refractivity contribution < 1.29 is 43.2 Å². The Morgan fingerprint density at radius 1 is 0.825 bits per heavy atom. The first-order valence-electron chi connectivity index (χ1n) is 21.7. The molecule has 1 aliphatic carbocycles. The molecule has 3 saturated heterocycles. The maximum Gasteiger partial charge on any atom is 0.410 e. The SMILES string of the molecule is C/C(=C\C=C\C(C)(C)COC(=O)N1CCCC1)[C@H]1OC(=O)C[C@H](OC(=O)N2CCCC2)CC[C@@](C)(O)[C@@H](OC(=O)N2CCN(C3CCCCCC3)CC2)/C=C\[C@@H]1C. The van der Waals surface area contributed by atoms with E-state index in [2.05, 4.69) is 4.90 Å². The number of allylic oxidation sites excluding steroid dienone is 2. The molecule has 57 heavy (non-hydrogen) atoms. The van der Waals surface area contributed by atoms with E-state index >= 15 is 0 Å². The lowest BCUT2D eigenvalue weighted by Crippen LogP contribution is -2.53. The summed E-state index contributed by atoms with van der Waals surface area (Å²) in [7, 11) is 0. The van der Waals surface area contributed by atoms with Gasteiger partial charge in [0, 0.05) is 69.7 Å². The van der Waals surface area contributed by atoms with Gasteiger partial charge in [-0.15, -0.1) is 0 Å². The molecule has 0 aromatic heterocycles. The van der Waals surface area contributed by atoms with Crippen LogP contribution in [0.2, 0.25) is 0 Å². The van der Waals surface area contributed by atoms with E-state index in [-0.39, 0.29) is 37.9 Å². The van der Waals surface area contributed by atoms with Crippen molar-refractivity contribution in [2.24, 2.45) is 11.3 Å². The number of likely N-dealkylation sites (tertiary alicyclic amines) is 2. The van der Waals surface area contributed by atoms with Crippen LogP contribution in [-0.4, -0.2) is 138 Å². The second-order valence-corrected chi connectivity index (χ2v) is 17.9. The van der Waals surface area contributed by atoms with Crippen LogP contribution in [0.1, 0.15) is 118 Å². The third kappa shape index (κ3) is 13.5. The van der Waals surface area contributed by atoms with Gasteiger partial charge in [0.25, 0.3) is 0 Å². The molecule has 0 spiro atoms. The van der Waals surface area contributed by atoms with Crippen molar-refractivity contribution in [1.82, 2.24) is 19.6 Å². The molecule has 3 amide bonds. The number of carbonyl (C=O) groups excluding carboxylic acids is 4. The Morgan fingerprint density at radius 2 is 1.40 bits per heavy atom. The maximum absolute atomic E-state index is 13.7. The third-order valence-corrected chi connectivity index (χ3v) is 12.4. The number of ether oxygens (including phenoxy) is 4. The number of amides is 3. The molecule has 5 rings (SSSR count). The number of aliphatic hydroxyl groups is 1. The first-order chi connectivity index (χ1) is 27.2. The fourth-order valence-electron chi connectivity index (χ4n) is 8.57. The summed E-state index contributed by atoms with van der Waals surface area (Å²) in [4.78, 5) is 60.5. The van der Waals surface area contributed by atoms with Gasteiger partial charge in [-0.1, -0.05) is 70.8 Å². The van der Waals surface area contributed by atoms with Gasteiger partial charge in [-0.2, -0.15) is 0 Å². The van der Waals surface area contributed by atoms with Gasteiger partial charge in [-0.3, -0.25) is 9.69 Å². The Labute approximate surface area is 340 Å². The number of cyclic esters (lactones) is 1. The zero-order valence-electron chi connectivity index (χ0n) is 35.3. The minimum atomic E-state index is -1.53. The molecule has 13 heteroatoms. The maximum atomic E-state index is 13.7. The molecule has 0 aromatic rings. The number of nitrogens with zero attached hydrogens (tertiary/aromatic N) is 4. The summed E-state index contributed by atoms with van der Waals surface area (Å²) in [5, 5.41) is 12.0. The van der Waals surface area contributed by atoms with E-state index in [0.717, 1.165) is 57.4 Å². The first-order valence-corrected chi connectivity index (χ1v) is 21.7. The normalized spacial score (nSPS) is 30.0. The van der Waals surface area contributed by atoms with Gasteiger partial charge in [0.05, 0.1) is 6.42 Å². The summed E-state index contributed by atoms with van der Waals surface area (Å²) >= 11 is 0. The van der Waals surface area contributed by atoms with E-state index in [1.54, 1.807) is 27.7 Å². The second-order valence-electron chi connectivity index (χ2n) is 17.9. The lowest BCUT2D eigenvalue weighted by molar-refractivity contribution is -0.151. The quantitative estimate of drug-likeness (QED) is 0.0880. The average Bonchev–Trinajstić information content (AvgIpc) is 3.87. The molecule has 0 radical (unpaired) electrons. The molecule has 0 unspecified atom stereocenters. The summed E-state index contributed by atoms with van der Waals surface area (Å²) < 4.78 is 23.8. The highest BCUT2D eigenvalue weighted by molar-refractivity contribution is 5.72. The van der Waals surface area contributed by atoms with Gasteiger partial charge < -0.3 is 38.8 Å². The van der Waals surface area contributed by atoms with E-state index < -0.39 is 47.5 Å². The van der Waals surface area contributed by atoms with Crippen molar-refractivity contribution in [2.45, 2.75) is 148 Å². The Morgan fingerprint density at radius 3 is 2.04 bits per heavy atom. The summed E-state index contributed by atoms with van der Waals surface area (Å²) in [5.74, 6) is -0.894. The Bertz CT molecular complexity index is 1430. The molecule has 0 bridgehead atoms. The highest BCUT2D eigenvalue weighted by Gasteiger charge is 2.38. The van der Waals surface area contributed by atoms with Crippen LogP contribution in [0.15, 0.2) is 36.0 Å². The van der Waals surface area contributed by atoms with Crippen LogP contribution in [0, 0.1) is 11.3 Å². The van der Waals surface area contributed by atoms with Crippen molar-refractivity contribution >= 4 is 24.2 Å². The van der Waals surface area contributed by atoms with Crippen LogP contribution in [0.5, 0.6) is 0 Å². The molecule has 4 fully saturated rings. The molecule has 1 saturated carbocycles. The van der Waals surface area contributed by atoms with Crippen LogP contribution in [-0.2, 0) is 23.7 Å². The smallest absolute Gasteiger partial charge is 0.410 e. The van der Waals surface area contributed by atoms with Gasteiger partial charge in [-0.25, -0.2) is 14.4 Å².